The molecule has 0 aliphatic rings. The molecule has 0 bridgehead atoms. The predicted octanol–water partition coefficient (Wildman–Crippen LogP) is 4.78. The molecule has 0 radical (unpaired) electrons. The molecule has 0 aromatic heterocycles. The first kappa shape index (κ1) is 19.3. The molecule has 0 fully saturated rings. The minimum absolute atomic E-state index is 0.0663. The van der Waals surface area contributed by atoms with Gasteiger partial charge in [0.15, 0.2) is 6.10 Å². The zero-order valence-corrected chi connectivity index (χ0v) is 15.3. The van der Waals surface area contributed by atoms with Crippen LogP contribution >= 0.6 is 23.4 Å². The summed E-state index contributed by atoms with van der Waals surface area (Å²) in [6.45, 7) is 3.44. The van der Waals surface area contributed by atoms with Crippen LogP contribution in [0.2, 0.25) is 5.02 Å². The van der Waals surface area contributed by atoms with E-state index >= 15 is 0 Å². The molecule has 1 N–H and O–H groups in total. The van der Waals surface area contributed by atoms with Gasteiger partial charge in [-0.25, -0.2) is 9.18 Å². The predicted molar refractivity (Wildman–Crippen MR) is 97.8 cm³/mol. The fourth-order valence-electron chi connectivity index (χ4n) is 2.02. The van der Waals surface area contributed by atoms with Crippen molar-refractivity contribution >= 4 is 40.9 Å². The lowest BCUT2D eigenvalue weighted by molar-refractivity contribution is -0.123. The van der Waals surface area contributed by atoms with Gasteiger partial charge in [-0.15, -0.1) is 11.8 Å². The van der Waals surface area contributed by atoms with Crippen LogP contribution in [0, 0.1) is 5.82 Å². The van der Waals surface area contributed by atoms with Gasteiger partial charge in [0.25, 0.3) is 5.91 Å². The molecule has 25 heavy (non-hydrogen) atoms. The number of nitrogens with one attached hydrogen (secondary N) is 1. The van der Waals surface area contributed by atoms with E-state index in [2.05, 4.69) is 5.32 Å². The minimum atomic E-state index is -1.03. The fourth-order valence-corrected chi connectivity index (χ4v) is 3.03. The normalized spacial score (nSPS) is 11.7. The maximum atomic E-state index is 13.0. The first-order valence-corrected chi connectivity index (χ1v) is 8.97. The maximum Gasteiger partial charge on any atom is 0.340 e. The number of hydrogen-bond acceptors (Lipinski definition) is 4. The van der Waals surface area contributed by atoms with Gasteiger partial charge in [0.1, 0.15) is 5.82 Å². The van der Waals surface area contributed by atoms with Crippen molar-refractivity contribution in [1.82, 2.24) is 0 Å². The van der Waals surface area contributed by atoms with Gasteiger partial charge in [-0.1, -0.05) is 30.7 Å². The van der Waals surface area contributed by atoms with Gasteiger partial charge in [-0.05, 0) is 43.0 Å². The monoisotopic (exact) mass is 381 g/mol. The van der Waals surface area contributed by atoms with Gasteiger partial charge in [0, 0.05) is 4.90 Å². The number of thioether (sulfide) groups is 1. The summed E-state index contributed by atoms with van der Waals surface area (Å²) in [7, 11) is 0. The smallest absolute Gasteiger partial charge is 0.340 e. The summed E-state index contributed by atoms with van der Waals surface area (Å²) >= 11 is 7.39. The van der Waals surface area contributed by atoms with Crippen LogP contribution in [0.15, 0.2) is 47.4 Å². The van der Waals surface area contributed by atoms with E-state index in [1.807, 2.05) is 19.1 Å². The van der Waals surface area contributed by atoms with Crippen LogP contribution in [-0.2, 0) is 9.53 Å². The minimum Gasteiger partial charge on any atom is -0.449 e. The molecule has 132 valence electrons. The third-order valence-electron chi connectivity index (χ3n) is 3.25. The Morgan fingerprint density at radius 2 is 2.00 bits per heavy atom. The number of benzene rings is 2. The van der Waals surface area contributed by atoms with Crippen molar-refractivity contribution in [3.05, 3.63) is 58.9 Å². The lowest BCUT2D eigenvalue weighted by Crippen LogP contribution is -2.30. The summed E-state index contributed by atoms with van der Waals surface area (Å²) in [5.74, 6) is -0.831. The van der Waals surface area contributed by atoms with Crippen LogP contribution in [0.5, 0.6) is 0 Å². The number of esters is 1. The third-order valence-corrected chi connectivity index (χ3v) is 4.52. The zero-order chi connectivity index (χ0) is 18.4. The van der Waals surface area contributed by atoms with Crippen LogP contribution in [0.3, 0.4) is 0 Å². The Balaban J connectivity index is 2.04. The molecule has 0 saturated heterocycles. The Morgan fingerprint density at radius 3 is 2.68 bits per heavy atom. The molecule has 0 aliphatic heterocycles. The molecule has 2 rings (SSSR count). The quantitative estimate of drug-likeness (QED) is 0.578. The number of rotatable bonds is 6. The molecule has 0 spiro atoms. The number of anilines is 1. The van der Waals surface area contributed by atoms with E-state index in [9.17, 15) is 14.0 Å². The Morgan fingerprint density at radius 1 is 1.28 bits per heavy atom. The van der Waals surface area contributed by atoms with Crippen LogP contribution in [0.1, 0.15) is 24.2 Å². The molecule has 1 atom stereocenters. The molecular formula is C18H17ClFNO3S. The summed E-state index contributed by atoms with van der Waals surface area (Å²) in [5.41, 5.74) is 0.659. The van der Waals surface area contributed by atoms with Gasteiger partial charge in [0.05, 0.1) is 16.3 Å². The van der Waals surface area contributed by atoms with Crippen molar-refractivity contribution in [1.29, 1.82) is 0 Å². The van der Waals surface area contributed by atoms with E-state index in [0.29, 0.717) is 5.56 Å². The van der Waals surface area contributed by atoms with E-state index in [1.165, 1.54) is 30.8 Å². The highest BCUT2D eigenvalue weighted by Gasteiger charge is 2.21. The third kappa shape index (κ3) is 5.21. The average Bonchev–Trinajstić information content (AvgIpc) is 2.58. The summed E-state index contributed by atoms with van der Waals surface area (Å²) in [5, 5.41) is 2.58. The molecule has 1 amide bonds. The number of amides is 1. The lowest BCUT2D eigenvalue weighted by atomic mass is 10.2. The highest BCUT2D eigenvalue weighted by atomic mass is 35.5. The molecule has 0 saturated carbocycles. The van der Waals surface area contributed by atoms with Crippen molar-refractivity contribution in [3.63, 3.8) is 0 Å². The fraction of sp³-hybridized carbons (Fsp3) is 0.222. The van der Waals surface area contributed by atoms with Crippen molar-refractivity contribution in [2.75, 3.05) is 11.1 Å². The van der Waals surface area contributed by atoms with E-state index in [1.54, 1.807) is 12.1 Å². The van der Waals surface area contributed by atoms with Crippen LogP contribution in [0.25, 0.3) is 0 Å². The molecule has 2 aromatic carbocycles. The van der Waals surface area contributed by atoms with Gasteiger partial charge >= 0.3 is 5.97 Å². The van der Waals surface area contributed by atoms with Gasteiger partial charge < -0.3 is 10.1 Å². The lowest BCUT2D eigenvalue weighted by Gasteiger charge is -2.15. The first-order valence-electron chi connectivity index (χ1n) is 7.61. The van der Waals surface area contributed by atoms with Gasteiger partial charge in [-0.3, -0.25) is 4.79 Å². The second-order valence-electron chi connectivity index (χ2n) is 5.09. The van der Waals surface area contributed by atoms with Gasteiger partial charge in [0.2, 0.25) is 0 Å². The van der Waals surface area contributed by atoms with E-state index in [4.69, 9.17) is 16.3 Å². The topological polar surface area (TPSA) is 55.4 Å². The standard InChI is InChI=1S/C18H17ClFNO3S/c1-3-25-16-7-5-4-6-13(16)18(23)24-11(2)17(22)21-15-9-8-12(20)10-14(15)19/h4-11H,3H2,1-2H3,(H,21,22)/t11-/m1/s1. The summed E-state index contributed by atoms with van der Waals surface area (Å²) in [4.78, 5) is 25.3. The van der Waals surface area contributed by atoms with Crippen LogP contribution < -0.4 is 5.32 Å². The number of carbonyl (C=O) groups excluding carboxylic acids is 2. The molecule has 0 heterocycles. The highest BCUT2D eigenvalue weighted by molar-refractivity contribution is 7.99. The second-order valence-corrected chi connectivity index (χ2v) is 6.80. The molecule has 0 unspecified atom stereocenters. The average molecular weight is 382 g/mol. The molecule has 0 aliphatic carbocycles. The maximum absolute atomic E-state index is 13.0. The number of carbonyl (C=O) groups is 2. The van der Waals surface area contributed by atoms with E-state index in [-0.39, 0.29) is 10.7 Å². The Hall–Kier alpha value is -2.05. The molecule has 2 aromatic rings. The number of halogens is 2. The van der Waals surface area contributed by atoms with Crippen molar-refractivity contribution in [3.8, 4) is 0 Å². The van der Waals surface area contributed by atoms with Crippen molar-refractivity contribution in [2.24, 2.45) is 0 Å². The second kappa shape index (κ2) is 8.87. The summed E-state index contributed by atoms with van der Waals surface area (Å²) < 4.78 is 18.3. The van der Waals surface area contributed by atoms with Gasteiger partial charge in [-0.2, -0.15) is 0 Å². The van der Waals surface area contributed by atoms with Crippen molar-refractivity contribution < 1.29 is 18.7 Å². The largest absolute Gasteiger partial charge is 0.449 e. The Kier molecular flexibility index (Phi) is 6.84. The molecular weight excluding hydrogens is 365 g/mol. The summed E-state index contributed by atoms with van der Waals surface area (Å²) in [6.07, 6.45) is -1.03. The van der Waals surface area contributed by atoms with E-state index < -0.39 is 23.8 Å². The zero-order valence-electron chi connectivity index (χ0n) is 13.7. The molecule has 7 heteroatoms. The Bertz CT molecular complexity index is 785. The number of ether oxygens (including phenoxy) is 1. The molecule has 4 nitrogen and oxygen atoms in total. The first-order chi connectivity index (χ1) is 11.9. The van der Waals surface area contributed by atoms with E-state index in [0.717, 1.165) is 16.7 Å². The Labute approximate surface area is 154 Å². The summed E-state index contributed by atoms with van der Waals surface area (Å²) in [6, 6.07) is 10.7. The van der Waals surface area contributed by atoms with Crippen molar-refractivity contribution in [2.45, 2.75) is 24.8 Å². The highest BCUT2D eigenvalue weighted by Crippen LogP contribution is 2.24. The SMILES string of the molecule is CCSc1ccccc1C(=O)O[C@H](C)C(=O)Nc1ccc(F)cc1Cl. The van der Waals surface area contributed by atoms with Crippen LogP contribution in [-0.4, -0.2) is 23.7 Å². The van der Waals surface area contributed by atoms with Crippen LogP contribution in [0.4, 0.5) is 10.1 Å². The number of hydrogen-bond donors (Lipinski definition) is 1.